The van der Waals surface area contributed by atoms with Gasteiger partial charge in [0.1, 0.15) is 23.1 Å². The van der Waals surface area contributed by atoms with Crippen molar-refractivity contribution in [3.63, 3.8) is 0 Å². The number of halogens is 2. The Labute approximate surface area is 132 Å². The molecule has 0 bridgehead atoms. The van der Waals surface area contributed by atoms with Gasteiger partial charge in [-0.05, 0) is 24.3 Å². The lowest BCUT2D eigenvalue weighted by Gasteiger charge is -2.08. The van der Waals surface area contributed by atoms with E-state index in [-0.39, 0.29) is 0 Å². The second-order valence-electron chi connectivity index (χ2n) is 4.89. The van der Waals surface area contributed by atoms with Crippen molar-refractivity contribution in [3.8, 4) is 33.8 Å². The standard InChI is InChI=1S/C18H14F2O3/c1-21-11-3-5-13(17(19)7-11)15-9-23-10-16(15)14-6-4-12(22-2)8-18(14)20/h3-10H,1-2H3. The molecular weight excluding hydrogens is 302 g/mol. The van der Waals surface area contributed by atoms with Gasteiger partial charge in [-0.2, -0.15) is 0 Å². The first-order chi connectivity index (χ1) is 11.1. The van der Waals surface area contributed by atoms with Crippen molar-refractivity contribution in [1.29, 1.82) is 0 Å². The first-order valence-corrected chi connectivity index (χ1v) is 6.88. The zero-order chi connectivity index (χ0) is 16.4. The number of methoxy groups -OCH3 is 2. The Bertz CT molecular complexity index is 772. The fourth-order valence-corrected chi connectivity index (χ4v) is 2.40. The van der Waals surface area contributed by atoms with Crippen molar-refractivity contribution in [2.24, 2.45) is 0 Å². The second kappa shape index (κ2) is 6.12. The number of rotatable bonds is 4. The van der Waals surface area contributed by atoms with Gasteiger partial charge < -0.3 is 13.9 Å². The van der Waals surface area contributed by atoms with Crippen LogP contribution < -0.4 is 9.47 Å². The van der Waals surface area contributed by atoms with Gasteiger partial charge in [-0.1, -0.05) is 0 Å². The van der Waals surface area contributed by atoms with Crippen LogP contribution in [0.25, 0.3) is 22.3 Å². The van der Waals surface area contributed by atoms with Gasteiger partial charge in [0.2, 0.25) is 0 Å². The van der Waals surface area contributed by atoms with Crippen LogP contribution in [-0.4, -0.2) is 14.2 Å². The minimum atomic E-state index is -0.471. The van der Waals surface area contributed by atoms with E-state index in [9.17, 15) is 8.78 Å². The third-order valence-electron chi connectivity index (χ3n) is 3.59. The van der Waals surface area contributed by atoms with Crippen molar-refractivity contribution < 1.29 is 22.7 Å². The molecule has 0 saturated heterocycles. The smallest absolute Gasteiger partial charge is 0.134 e. The van der Waals surface area contributed by atoms with E-state index in [2.05, 4.69) is 0 Å². The molecule has 1 heterocycles. The number of furan rings is 1. The Morgan fingerprint density at radius 2 is 1.13 bits per heavy atom. The molecule has 0 N–H and O–H groups in total. The van der Waals surface area contributed by atoms with Crippen LogP contribution >= 0.6 is 0 Å². The van der Waals surface area contributed by atoms with Crippen LogP contribution in [0.3, 0.4) is 0 Å². The van der Waals surface area contributed by atoms with E-state index in [1.54, 1.807) is 24.3 Å². The molecule has 0 aliphatic carbocycles. The normalized spacial score (nSPS) is 10.6. The first kappa shape index (κ1) is 15.1. The zero-order valence-corrected chi connectivity index (χ0v) is 12.6. The SMILES string of the molecule is COc1ccc(-c2cocc2-c2ccc(OC)cc2F)c(F)c1. The highest BCUT2D eigenvalue weighted by Crippen LogP contribution is 2.37. The van der Waals surface area contributed by atoms with Crippen molar-refractivity contribution in [3.05, 3.63) is 60.6 Å². The van der Waals surface area contributed by atoms with Gasteiger partial charge in [0.25, 0.3) is 0 Å². The summed E-state index contributed by atoms with van der Waals surface area (Å²) in [6, 6.07) is 8.97. The van der Waals surface area contributed by atoms with E-state index in [4.69, 9.17) is 13.9 Å². The van der Waals surface area contributed by atoms with Gasteiger partial charge >= 0.3 is 0 Å². The van der Waals surface area contributed by atoms with E-state index < -0.39 is 11.6 Å². The van der Waals surface area contributed by atoms with Crippen LogP contribution in [0.4, 0.5) is 8.78 Å². The zero-order valence-electron chi connectivity index (χ0n) is 12.6. The molecule has 5 heteroatoms. The highest BCUT2D eigenvalue weighted by molar-refractivity contribution is 5.83. The molecule has 0 amide bonds. The van der Waals surface area contributed by atoms with Crippen molar-refractivity contribution in [1.82, 2.24) is 0 Å². The van der Waals surface area contributed by atoms with Gasteiger partial charge in [-0.25, -0.2) is 8.78 Å². The molecule has 118 valence electrons. The molecular formula is C18H14F2O3. The van der Waals surface area contributed by atoms with E-state index in [1.165, 1.54) is 38.9 Å². The summed E-state index contributed by atoms with van der Waals surface area (Å²) in [5.41, 5.74) is 1.55. The third kappa shape index (κ3) is 2.77. The summed E-state index contributed by atoms with van der Waals surface area (Å²) < 4.78 is 43.7. The minimum absolute atomic E-state index is 0.310. The highest BCUT2D eigenvalue weighted by Gasteiger charge is 2.17. The molecule has 0 spiro atoms. The summed E-state index contributed by atoms with van der Waals surface area (Å²) in [6.45, 7) is 0. The van der Waals surface area contributed by atoms with E-state index in [0.29, 0.717) is 33.8 Å². The fourth-order valence-electron chi connectivity index (χ4n) is 2.40. The largest absolute Gasteiger partial charge is 0.497 e. The topological polar surface area (TPSA) is 31.6 Å². The third-order valence-corrected chi connectivity index (χ3v) is 3.59. The summed E-state index contributed by atoms with van der Waals surface area (Å²) in [4.78, 5) is 0. The predicted molar refractivity (Wildman–Crippen MR) is 82.6 cm³/mol. The molecule has 0 aliphatic heterocycles. The minimum Gasteiger partial charge on any atom is -0.497 e. The summed E-state index contributed by atoms with van der Waals surface area (Å²) in [5, 5.41) is 0. The number of hydrogen-bond acceptors (Lipinski definition) is 3. The van der Waals surface area contributed by atoms with Gasteiger partial charge in [0.15, 0.2) is 0 Å². The van der Waals surface area contributed by atoms with Crippen LogP contribution in [0.15, 0.2) is 53.3 Å². The molecule has 0 fully saturated rings. The molecule has 0 radical (unpaired) electrons. The molecule has 0 saturated carbocycles. The monoisotopic (exact) mass is 316 g/mol. The quantitative estimate of drug-likeness (QED) is 0.685. The van der Waals surface area contributed by atoms with Gasteiger partial charge in [-0.3, -0.25) is 0 Å². The maximum absolute atomic E-state index is 14.3. The summed E-state index contributed by atoms with van der Waals surface area (Å²) in [5.74, 6) is -0.124. The highest BCUT2D eigenvalue weighted by atomic mass is 19.1. The molecule has 0 aliphatic rings. The summed E-state index contributed by atoms with van der Waals surface area (Å²) in [6.07, 6.45) is 2.79. The van der Waals surface area contributed by atoms with Crippen molar-refractivity contribution >= 4 is 0 Å². The molecule has 0 unspecified atom stereocenters. The molecule has 1 aromatic heterocycles. The van der Waals surface area contributed by atoms with Gasteiger partial charge in [-0.15, -0.1) is 0 Å². The Balaban J connectivity index is 2.10. The number of ether oxygens (including phenoxy) is 2. The average Bonchev–Trinajstić information content (AvgIpc) is 3.03. The predicted octanol–water partition coefficient (Wildman–Crippen LogP) is 4.91. The van der Waals surface area contributed by atoms with Crippen LogP contribution in [-0.2, 0) is 0 Å². The van der Waals surface area contributed by atoms with Crippen molar-refractivity contribution in [2.75, 3.05) is 14.2 Å². The number of benzene rings is 2. The molecule has 2 aromatic carbocycles. The Morgan fingerprint density at radius 3 is 1.48 bits per heavy atom. The van der Waals surface area contributed by atoms with Crippen LogP contribution in [0.2, 0.25) is 0 Å². The lowest BCUT2D eigenvalue weighted by molar-refractivity contribution is 0.411. The maximum Gasteiger partial charge on any atom is 0.134 e. The van der Waals surface area contributed by atoms with E-state index in [0.717, 1.165) is 0 Å². The lowest BCUT2D eigenvalue weighted by atomic mass is 9.98. The van der Waals surface area contributed by atoms with Crippen LogP contribution in [0.5, 0.6) is 11.5 Å². The second-order valence-corrected chi connectivity index (χ2v) is 4.89. The first-order valence-electron chi connectivity index (χ1n) is 6.88. The van der Waals surface area contributed by atoms with Gasteiger partial charge in [0, 0.05) is 34.4 Å². The van der Waals surface area contributed by atoms with Crippen LogP contribution in [0.1, 0.15) is 0 Å². The van der Waals surface area contributed by atoms with Gasteiger partial charge in [0.05, 0.1) is 26.7 Å². The van der Waals surface area contributed by atoms with E-state index >= 15 is 0 Å². The maximum atomic E-state index is 14.3. The Kier molecular flexibility index (Phi) is 4.02. The average molecular weight is 316 g/mol. The summed E-state index contributed by atoms with van der Waals surface area (Å²) >= 11 is 0. The van der Waals surface area contributed by atoms with Crippen LogP contribution in [0, 0.1) is 11.6 Å². The van der Waals surface area contributed by atoms with E-state index in [1.807, 2.05) is 0 Å². The molecule has 3 nitrogen and oxygen atoms in total. The molecule has 0 atom stereocenters. The lowest BCUT2D eigenvalue weighted by Crippen LogP contribution is -1.91. The molecule has 23 heavy (non-hydrogen) atoms. The fraction of sp³-hybridized carbons (Fsp3) is 0.111. The molecule has 3 aromatic rings. The summed E-state index contributed by atoms with van der Waals surface area (Å²) in [7, 11) is 2.93. The van der Waals surface area contributed by atoms with Crippen molar-refractivity contribution in [2.45, 2.75) is 0 Å². The molecule has 3 rings (SSSR count). The Hall–Kier alpha value is -2.82. The number of hydrogen-bond donors (Lipinski definition) is 0. The Morgan fingerprint density at radius 1 is 0.696 bits per heavy atom.